The second kappa shape index (κ2) is 4.47. The Morgan fingerprint density at radius 3 is 2.67 bits per heavy atom. The number of piperidine rings is 1. The van der Waals surface area contributed by atoms with Gasteiger partial charge in [-0.3, -0.25) is 0 Å². The normalized spacial score (nSPS) is 17.8. The summed E-state index contributed by atoms with van der Waals surface area (Å²) in [6.45, 7) is 8.34. The van der Waals surface area contributed by atoms with E-state index < -0.39 is 0 Å². The molecule has 1 fully saturated rings. The SMILES string of the molecule is C=Cc1ccc(N2CCC(C)CC2)nc1. The Balaban J connectivity index is 2.06. The van der Waals surface area contributed by atoms with Gasteiger partial charge in [0.1, 0.15) is 5.82 Å². The quantitative estimate of drug-likeness (QED) is 0.733. The smallest absolute Gasteiger partial charge is 0.128 e. The van der Waals surface area contributed by atoms with Crippen LogP contribution in [0.2, 0.25) is 0 Å². The minimum atomic E-state index is 0.869. The summed E-state index contributed by atoms with van der Waals surface area (Å²) in [7, 11) is 0. The predicted molar refractivity (Wildman–Crippen MR) is 64.9 cm³/mol. The summed E-state index contributed by atoms with van der Waals surface area (Å²) in [5, 5.41) is 0. The van der Waals surface area contributed by atoms with Crippen molar-refractivity contribution < 1.29 is 0 Å². The summed E-state index contributed by atoms with van der Waals surface area (Å²) in [6.07, 6.45) is 6.28. The van der Waals surface area contributed by atoms with Gasteiger partial charge < -0.3 is 4.90 Å². The van der Waals surface area contributed by atoms with Gasteiger partial charge in [0, 0.05) is 19.3 Å². The minimum absolute atomic E-state index is 0.869. The van der Waals surface area contributed by atoms with Gasteiger partial charge in [0.2, 0.25) is 0 Å². The van der Waals surface area contributed by atoms with Gasteiger partial charge in [-0.15, -0.1) is 0 Å². The van der Waals surface area contributed by atoms with Crippen LogP contribution in [0.15, 0.2) is 24.9 Å². The van der Waals surface area contributed by atoms with Gasteiger partial charge in [0.25, 0.3) is 0 Å². The van der Waals surface area contributed by atoms with Gasteiger partial charge in [0.15, 0.2) is 0 Å². The Morgan fingerprint density at radius 1 is 1.40 bits per heavy atom. The van der Waals surface area contributed by atoms with E-state index in [9.17, 15) is 0 Å². The summed E-state index contributed by atoms with van der Waals surface area (Å²) >= 11 is 0. The molecule has 1 aliphatic heterocycles. The molecule has 0 bridgehead atoms. The van der Waals surface area contributed by atoms with Gasteiger partial charge >= 0.3 is 0 Å². The lowest BCUT2D eigenvalue weighted by molar-refractivity contribution is 0.436. The average molecular weight is 202 g/mol. The number of anilines is 1. The number of aromatic nitrogens is 1. The maximum absolute atomic E-state index is 4.45. The van der Waals surface area contributed by atoms with E-state index in [0.29, 0.717) is 0 Å². The number of pyridine rings is 1. The Morgan fingerprint density at radius 2 is 2.13 bits per heavy atom. The van der Waals surface area contributed by atoms with Crippen molar-refractivity contribution in [2.24, 2.45) is 5.92 Å². The zero-order valence-corrected chi connectivity index (χ0v) is 9.32. The molecule has 1 saturated heterocycles. The first kappa shape index (κ1) is 10.2. The zero-order valence-electron chi connectivity index (χ0n) is 9.32. The summed E-state index contributed by atoms with van der Waals surface area (Å²) in [5.74, 6) is 1.97. The lowest BCUT2D eigenvalue weighted by Gasteiger charge is -2.31. The first-order chi connectivity index (χ1) is 7.29. The molecule has 0 amide bonds. The fraction of sp³-hybridized carbons (Fsp3) is 0.462. The van der Waals surface area contributed by atoms with E-state index in [1.165, 1.54) is 12.8 Å². The van der Waals surface area contributed by atoms with Crippen LogP contribution in [0.1, 0.15) is 25.3 Å². The summed E-state index contributed by atoms with van der Waals surface area (Å²) < 4.78 is 0. The second-order valence-electron chi connectivity index (χ2n) is 4.32. The van der Waals surface area contributed by atoms with E-state index in [0.717, 1.165) is 30.4 Å². The lowest BCUT2D eigenvalue weighted by Crippen LogP contribution is -2.33. The third kappa shape index (κ3) is 2.38. The molecule has 0 aromatic carbocycles. The van der Waals surface area contributed by atoms with Crippen molar-refractivity contribution in [3.63, 3.8) is 0 Å². The maximum atomic E-state index is 4.45. The third-order valence-corrected chi connectivity index (χ3v) is 3.11. The first-order valence-corrected chi connectivity index (χ1v) is 5.63. The highest BCUT2D eigenvalue weighted by Gasteiger charge is 2.16. The van der Waals surface area contributed by atoms with Crippen LogP contribution in [-0.2, 0) is 0 Å². The Labute approximate surface area is 91.6 Å². The third-order valence-electron chi connectivity index (χ3n) is 3.11. The molecule has 0 saturated carbocycles. The van der Waals surface area contributed by atoms with Crippen LogP contribution in [0, 0.1) is 5.92 Å². The molecule has 15 heavy (non-hydrogen) atoms. The van der Waals surface area contributed by atoms with Crippen LogP contribution < -0.4 is 4.90 Å². The van der Waals surface area contributed by atoms with Crippen molar-refractivity contribution in [1.82, 2.24) is 4.98 Å². The van der Waals surface area contributed by atoms with Crippen LogP contribution in [0.5, 0.6) is 0 Å². The molecule has 2 heteroatoms. The van der Waals surface area contributed by atoms with Crippen molar-refractivity contribution in [2.45, 2.75) is 19.8 Å². The molecule has 0 N–H and O–H groups in total. The molecule has 1 aliphatic rings. The monoisotopic (exact) mass is 202 g/mol. The molecule has 2 heterocycles. The largest absolute Gasteiger partial charge is 0.357 e. The maximum Gasteiger partial charge on any atom is 0.128 e. The number of hydrogen-bond donors (Lipinski definition) is 0. The van der Waals surface area contributed by atoms with Crippen LogP contribution in [-0.4, -0.2) is 18.1 Å². The molecule has 80 valence electrons. The number of hydrogen-bond acceptors (Lipinski definition) is 2. The Hall–Kier alpha value is -1.31. The molecule has 0 aliphatic carbocycles. The van der Waals surface area contributed by atoms with Crippen LogP contribution in [0.4, 0.5) is 5.82 Å². The van der Waals surface area contributed by atoms with E-state index in [2.05, 4.69) is 35.5 Å². The van der Waals surface area contributed by atoms with Gasteiger partial charge in [-0.1, -0.05) is 19.6 Å². The van der Waals surface area contributed by atoms with E-state index in [1.807, 2.05) is 12.3 Å². The van der Waals surface area contributed by atoms with Gasteiger partial charge in [0.05, 0.1) is 0 Å². The lowest BCUT2D eigenvalue weighted by atomic mass is 9.99. The topological polar surface area (TPSA) is 16.1 Å². The predicted octanol–water partition coefficient (Wildman–Crippen LogP) is 2.96. The molecular formula is C13H18N2. The van der Waals surface area contributed by atoms with Crippen molar-refractivity contribution in [3.8, 4) is 0 Å². The van der Waals surface area contributed by atoms with Gasteiger partial charge in [-0.05, 0) is 36.5 Å². The van der Waals surface area contributed by atoms with Crippen molar-refractivity contribution in [2.75, 3.05) is 18.0 Å². The average Bonchev–Trinajstić information content (AvgIpc) is 2.30. The second-order valence-corrected chi connectivity index (χ2v) is 4.32. The van der Waals surface area contributed by atoms with Gasteiger partial charge in [-0.2, -0.15) is 0 Å². The molecule has 0 atom stereocenters. The highest BCUT2D eigenvalue weighted by atomic mass is 15.2. The summed E-state index contributed by atoms with van der Waals surface area (Å²) in [6, 6.07) is 4.17. The molecule has 2 rings (SSSR count). The minimum Gasteiger partial charge on any atom is -0.357 e. The molecule has 1 aromatic heterocycles. The van der Waals surface area contributed by atoms with E-state index in [4.69, 9.17) is 0 Å². The highest BCUT2D eigenvalue weighted by molar-refractivity contribution is 5.49. The Bertz CT molecular complexity index is 321. The number of nitrogens with zero attached hydrogens (tertiary/aromatic N) is 2. The van der Waals surface area contributed by atoms with E-state index in [-0.39, 0.29) is 0 Å². The van der Waals surface area contributed by atoms with E-state index >= 15 is 0 Å². The highest BCUT2D eigenvalue weighted by Crippen LogP contribution is 2.21. The summed E-state index contributed by atoms with van der Waals surface area (Å²) in [4.78, 5) is 6.82. The fourth-order valence-corrected chi connectivity index (χ4v) is 1.94. The zero-order chi connectivity index (χ0) is 10.7. The van der Waals surface area contributed by atoms with Crippen LogP contribution in [0.25, 0.3) is 6.08 Å². The molecule has 2 nitrogen and oxygen atoms in total. The van der Waals surface area contributed by atoms with Crippen molar-refractivity contribution in [1.29, 1.82) is 0 Å². The molecule has 1 aromatic rings. The Kier molecular flexibility index (Phi) is 3.05. The molecule has 0 radical (unpaired) electrons. The van der Waals surface area contributed by atoms with Crippen LogP contribution in [0.3, 0.4) is 0 Å². The van der Waals surface area contributed by atoms with E-state index in [1.54, 1.807) is 0 Å². The standard InChI is InChI=1S/C13H18N2/c1-3-12-4-5-13(14-10-12)15-8-6-11(2)7-9-15/h3-5,10-11H,1,6-9H2,2H3. The fourth-order valence-electron chi connectivity index (χ4n) is 1.94. The molecule has 0 unspecified atom stereocenters. The van der Waals surface area contributed by atoms with Crippen molar-refractivity contribution >= 4 is 11.9 Å². The van der Waals surface area contributed by atoms with Gasteiger partial charge in [-0.25, -0.2) is 4.98 Å². The van der Waals surface area contributed by atoms with Crippen LogP contribution >= 0.6 is 0 Å². The summed E-state index contributed by atoms with van der Waals surface area (Å²) in [5.41, 5.74) is 1.09. The number of rotatable bonds is 2. The van der Waals surface area contributed by atoms with Crippen molar-refractivity contribution in [3.05, 3.63) is 30.5 Å². The molecular weight excluding hydrogens is 184 g/mol. The molecule has 0 spiro atoms. The first-order valence-electron chi connectivity index (χ1n) is 5.63.